The van der Waals surface area contributed by atoms with E-state index in [2.05, 4.69) is 16.6 Å². The smallest absolute Gasteiger partial charge is 0.197 e. The van der Waals surface area contributed by atoms with Crippen molar-refractivity contribution in [3.05, 3.63) is 0 Å². The van der Waals surface area contributed by atoms with Crippen LogP contribution in [0.2, 0.25) is 0 Å². The fraction of sp³-hybridized carbons (Fsp3) is 0.786. The maximum Gasteiger partial charge on any atom is 0.197 e. The number of ether oxygens (including phenoxy) is 1. The highest BCUT2D eigenvalue weighted by Crippen LogP contribution is 2.34. The molecule has 1 heterocycles. The summed E-state index contributed by atoms with van der Waals surface area (Å²) in [5.74, 6) is 1.16. The Bertz CT molecular complexity index is 341. The monoisotopic (exact) mass is 285 g/mol. The summed E-state index contributed by atoms with van der Waals surface area (Å²) in [6, 6.07) is 0. The number of nitrogens with zero attached hydrogens (tertiary/aromatic N) is 1. The summed E-state index contributed by atoms with van der Waals surface area (Å²) in [6.45, 7) is 3.22. The largest absolute Gasteiger partial charge is 0.490 e. The van der Waals surface area contributed by atoms with E-state index >= 15 is 0 Å². The van der Waals surface area contributed by atoms with Crippen molar-refractivity contribution in [3.63, 3.8) is 0 Å². The molecule has 0 aliphatic carbocycles. The SMILES string of the molecule is CCCCCCCCCCNc1snc(N)c1OC. The summed E-state index contributed by atoms with van der Waals surface area (Å²) in [4.78, 5) is 0. The van der Waals surface area contributed by atoms with Gasteiger partial charge in [-0.3, -0.25) is 0 Å². The number of methoxy groups -OCH3 is 1. The van der Waals surface area contributed by atoms with Gasteiger partial charge in [0.1, 0.15) is 0 Å². The van der Waals surface area contributed by atoms with E-state index in [0.29, 0.717) is 11.6 Å². The highest BCUT2D eigenvalue weighted by molar-refractivity contribution is 7.11. The van der Waals surface area contributed by atoms with Crippen LogP contribution in [-0.2, 0) is 0 Å². The molecule has 1 aromatic heterocycles. The minimum atomic E-state index is 0.478. The Hall–Kier alpha value is -0.970. The molecule has 3 N–H and O–H groups in total. The lowest BCUT2D eigenvalue weighted by Crippen LogP contribution is -2.01. The predicted molar refractivity (Wildman–Crippen MR) is 84.2 cm³/mol. The second-order valence-corrected chi connectivity index (χ2v) is 5.61. The van der Waals surface area contributed by atoms with Crippen molar-refractivity contribution in [1.82, 2.24) is 4.37 Å². The van der Waals surface area contributed by atoms with Crippen LogP contribution >= 0.6 is 11.5 Å². The molecule has 0 atom stereocenters. The second-order valence-electron chi connectivity index (χ2n) is 4.83. The fourth-order valence-corrected chi connectivity index (χ4v) is 2.77. The quantitative estimate of drug-likeness (QED) is 0.596. The van der Waals surface area contributed by atoms with Crippen LogP contribution in [0.25, 0.3) is 0 Å². The molecule has 110 valence electrons. The Balaban J connectivity index is 2.01. The summed E-state index contributed by atoms with van der Waals surface area (Å²) in [5.41, 5.74) is 5.70. The molecule has 0 spiro atoms. The fourth-order valence-electron chi connectivity index (χ4n) is 2.06. The highest BCUT2D eigenvalue weighted by atomic mass is 32.1. The average Bonchev–Trinajstić information content (AvgIpc) is 2.77. The van der Waals surface area contributed by atoms with Crippen LogP contribution in [0.15, 0.2) is 0 Å². The zero-order valence-corrected chi connectivity index (χ0v) is 13.0. The number of nitrogen functional groups attached to an aromatic ring is 1. The molecule has 5 heteroatoms. The molecular formula is C14H27N3OS. The Morgan fingerprint density at radius 2 is 1.74 bits per heavy atom. The van der Waals surface area contributed by atoms with Crippen LogP contribution in [0.1, 0.15) is 58.3 Å². The molecule has 0 amide bonds. The third-order valence-corrected chi connectivity index (χ3v) is 3.99. The molecule has 0 radical (unpaired) electrons. The molecule has 0 saturated heterocycles. The Morgan fingerprint density at radius 1 is 1.11 bits per heavy atom. The van der Waals surface area contributed by atoms with Gasteiger partial charge in [-0.1, -0.05) is 51.9 Å². The first-order chi connectivity index (χ1) is 9.29. The van der Waals surface area contributed by atoms with Crippen LogP contribution in [-0.4, -0.2) is 18.0 Å². The van der Waals surface area contributed by atoms with Crippen molar-refractivity contribution < 1.29 is 4.74 Å². The van der Waals surface area contributed by atoms with Crippen molar-refractivity contribution in [1.29, 1.82) is 0 Å². The van der Waals surface area contributed by atoms with Crippen LogP contribution in [0, 0.1) is 0 Å². The lowest BCUT2D eigenvalue weighted by atomic mass is 10.1. The predicted octanol–water partition coefficient (Wildman–Crippen LogP) is 4.29. The van der Waals surface area contributed by atoms with Gasteiger partial charge >= 0.3 is 0 Å². The molecule has 19 heavy (non-hydrogen) atoms. The maximum absolute atomic E-state index is 5.70. The van der Waals surface area contributed by atoms with Gasteiger partial charge in [0.15, 0.2) is 16.6 Å². The molecule has 0 bridgehead atoms. The lowest BCUT2D eigenvalue weighted by molar-refractivity contribution is 0.419. The summed E-state index contributed by atoms with van der Waals surface area (Å²) in [6.07, 6.45) is 10.7. The second kappa shape index (κ2) is 9.89. The van der Waals surface area contributed by atoms with Crippen molar-refractivity contribution in [2.45, 2.75) is 58.3 Å². The summed E-state index contributed by atoms with van der Waals surface area (Å²) in [7, 11) is 1.63. The molecular weight excluding hydrogens is 258 g/mol. The molecule has 1 rings (SSSR count). The number of nitrogens with one attached hydrogen (secondary N) is 1. The number of aromatic nitrogens is 1. The highest BCUT2D eigenvalue weighted by Gasteiger charge is 2.10. The molecule has 1 aromatic rings. The van der Waals surface area contributed by atoms with E-state index in [1.807, 2.05) is 0 Å². The first kappa shape index (κ1) is 16.1. The standard InChI is InChI=1S/C14H27N3OS/c1-3-4-5-6-7-8-9-10-11-16-14-12(18-2)13(15)17-19-14/h16H,3-11H2,1-2H3,(H2,15,17). The molecule has 0 aromatic carbocycles. The van der Waals surface area contributed by atoms with Gasteiger partial charge in [0.05, 0.1) is 7.11 Å². The third kappa shape index (κ3) is 6.14. The Labute approximate surface area is 120 Å². The molecule has 0 unspecified atom stereocenters. The average molecular weight is 285 g/mol. The number of nitrogens with two attached hydrogens (primary N) is 1. The van der Waals surface area contributed by atoms with Gasteiger partial charge < -0.3 is 15.8 Å². The van der Waals surface area contributed by atoms with Gasteiger partial charge in [0, 0.05) is 6.54 Å². The minimum Gasteiger partial charge on any atom is -0.490 e. The number of hydrogen-bond acceptors (Lipinski definition) is 5. The maximum atomic E-state index is 5.70. The van der Waals surface area contributed by atoms with E-state index in [1.165, 1.54) is 62.9 Å². The van der Waals surface area contributed by atoms with Gasteiger partial charge in [-0.25, -0.2) is 0 Å². The Morgan fingerprint density at radius 3 is 2.37 bits per heavy atom. The zero-order valence-electron chi connectivity index (χ0n) is 12.2. The van der Waals surface area contributed by atoms with Crippen LogP contribution in [0.3, 0.4) is 0 Å². The van der Waals surface area contributed by atoms with E-state index in [0.717, 1.165) is 11.5 Å². The van der Waals surface area contributed by atoms with E-state index in [-0.39, 0.29) is 0 Å². The van der Waals surface area contributed by atoms with Crippen molar-refractivity contribution >= 4 is 22.4 Å². The van der Waals surface area contributed by atoms with Gasteiger partial charge in [-0.15, -0.1) is 0 Å². The van der Waals surface area contributed by atoms with Crippen molar-refractivity contribution in [2.75, 3.05) is 24.7 Å². The van der Waals surface area contributed by atoms with Gasteiger partial charge in [0.2, 0.25) is 0 Å². The van der Waals surface area contributed by atoms with E-state index in [9.17, 15) is 0 Å². The zero-order chi connectivity index (χ0) is 13.9. The van der Waals surface area contributed by atoms with E-state index in [1.54, 1.807) is 7.11 Å². The van der Waals surface area contributed by atoms with E-state index < -0.39 is 0 Å². The molecule has 0 saturated carbocycles. The summed E-state index contributed by atoms with van der Waals surface area (Å²) >= 11 is 1.37. The molecule has 0 fully saturated rings. The molecule has 0 aliphatic rings. The van der Waals surface area contributed by atoms with Gasteiger partial charge in [0.25, 0.3) is 0 Å². The van der Waals surface area contributed by atoms with E-state index in [4.69, 9.17) is 10.5 Å². The number of unbranched alkanes of at least 4 members (excludes halogenated alkanes) is 7. The normalized spacial score (nSPS) is 10.6. The first-order valence-electron chi connectivity index (χ1n) is 7.32. The molecule has 0 aliphatic heterocycles. The molecule has 4 nitrogen and oxygen atoms in total. The third-order valence-electron chi connectivity index (χ3n) is 3.19. The topological polar surface area (TPSA) is 60.2 Å². The summed E-state index contributed by atoms with van der Waals surface area (Å²) in [5, 5.41) is 4.29. The van der Waals surface area contributed by atoms with Crippen molar-refractivity contribution in [3.8, 4) is 5.75 Å². The number of hydrogen-bond donors (Lipinski definition) is 2. The minimum absolute atomic E-state index is 0.478. The van der Waals surface area contributed by atoms with Crippen LogP contribution < -0.4 is 15.8 Å². The van der Waals surface area contributed by atoms with Crippen molar-refractivity contribution in [2.24, 2.45) is 0 Å². The number of rotatable bonds is 11. The van der Waals surface area contributed by atoms with Crippen LogP contribution in [0.5, 0.6) is 5.75 Å². The lowest BCUT2D eigenvalue weighted by Gasteiger charge is -2.06. The van der Waals surface area contributed by atoms with Gasteiger partial charge in [-0.05, 0) is 18.0 Å². The van der Waals surface area contributed by atoms with Crippen LogP contribution in [0.4, 0.5) is 10.8 Å². The Kier molecular flexibility index (Phi) is 8.38. The summed E-state index contributed by atoms with van der Waals surface area (Å²) < 4.78 is 9.29. The van der Waals surface area contributed by atoms with Gasteiger partial charge in [-0.2, -0.15) is 4.37 Å². The first-order valence-corrected chi connectivity index (χ1v) is 8.10. The number of anilines is 2.